The molecule has 0 bridgehead atoms. The molecule has 35 heavy (non-hydrogen) atoms. The number of aliphatic imine (C=N–C) groups is 1. The van der Waals surface area contributed by atoms with Gasteiger partial charge in [0, 0.05) is 50.4 Å². The van der Waals surface area contributed by atoms with Crippen molar-refractivity contribution in [3.63, 3.8) is 0 Å². The number of carboxylic acids is 1. The second-order valence-electron chi connectivity index (χ2n) is 8.87. The van der Waals surface area contributed by atoms with Gasteiger partial charge in [-0.3, -0.25) is 14.7 Å². The van der Waals surface area contributed by atoms with Crippen molar-refractivity contribution in [1.29, 1.82) is 0 Å². The van der Waals surface area contributed by atoms with Gasteiger partial charge in [0.1, 0.15) is 11.9 Å². The molecule has 1 aromatic heterocycles. The van der Waals surface area contributed by atoms with E-state index in [1.807, 2.05) is 5.38 Å². The Labute approximate surface area is 205 Å². The summed E-state index contributed by atoms with van der Waals surface area (Å²) in [6.07, 6.45) is 1.53. The number of carbonyl (C=O) groups is 2. The van der Waals surface area contributed by atoms with Crippen LogP contribution in [-0.4, -0.2) is 82.5 Å². The lowest BCUT2D eigenvalue weighted by atomic mass is 9.92. The number of fused-ring (bicyclic) bond motifs is 1. The Balaban J connectivity index is 1.55. The number of hydrogen-bond acceptors (Lipinski definition) is 8. The van der Waals surface area contributed by atoms with Crippen molar-refractivity contribution in [3.8, 4) is 0 Å². The van der Waals surface area contributed by atoms with Gasteiger partial charge in [-0.05, 0) is 24.1 Å². The van der Waals surface area contributed by atoms with Crippen molar-refractivity contribution >= 4 is 29.0 Å². The first kappa shape index (κ1) is 23.6. The number of benzene rings is 1. The van der Waals surface area contributed by atoms with E-state index in [1.165, 1.54) is 24.3 Å². The summed E-state index contributed by atoms with van der Waals surface area (Å²) in [4.78, 5) is 37.5. The highest BCUT2D eigenvalue weighted by molar-refractivity contribution is 7.11. The SMILES string of the molecule is CC(=O)N1CC2OCCN(CC3=C(C(=O)O)C(c4cccc(F)c4C)N=C(c4nccs4)N3)C2C1. The highest BCUT2D eigenvalue weighted by Gasteiger charge is 2.42. The van der Waals surface area contributed by atoms with Gasteiger partial charge in [-0.1, -0.05) is 12.1 Å². The highest BCUT2D eigenvalue weighted by Crippen LogP contribution is 2.35. The molecule has 2 aromatic rings. The molecule has 1 amide bonds. The number of aliphatic carboxylic acids is 1. The number of nitrogens with one attached hydrogen (secondary N) is 1. The number of halogens is 1. The maximum absolute atomic E-state index is 14.5. The minimum atomic E-state index is -1.12. The van der Waals surface area contributed by atoms with Crippen LogP contribution in [0.25, 0.3) is 0 Å². The second-order valence-corrected chi connectivity index (χ2v) is 9.76. The zero-order chi connectivity index (χ0) is 24.7. The van der Waals surface area contributed by atoms with E-state index in [0.29, 0.717) is 60.5 Å². The van der Waals surface area contributed by atoms with Gasteiger partial charge in [0.05, 0.1) is 24.3 Å². The lowest BCUT2D eigenvalue weighted by molar-refractivity contribution is -0.133. The number of likely N-dealkylation sites (tertiary alicyclic amines) is 1. The number of thiazole rings is 1. The summed E-state index contributed by atoms with van der Waals surface area (Å²) in [7, 11) is 0. The van der Waals surface area contributed by atoms with Crippen LogP contribution >= 0.6 is 11.3 Å². The Bertz CT molecular complexity index is 1210. The summed E-state index contributed by atoms with van der Waals surface area (Å²) in [5.41, 5.74) is 1.41. The van der Waals surface area contributed by atoms with Gasteiger partial charge in [-0.2, -0.15) is 0 Å². The van der Waals surface area contributed by atoms with Crippen molar-refractivity contribution < 1.29 is 23.8 Å². The summed E-state index contributed by atoms with van der Waals surface area (Å²) < 4.78 is 20.4. The molecule has 0 spiro atoms. The third-order valence-corrected chi connectivity index (χ3v) is 7.60. The number of aromatic nitrogens is 1. The number of carbonyl (C=O) groups excluding carboxylic acids is 1. The summed E-state index contributed by atoms with van der Waals surface area (Å²) in [6.45, 7) is 5.60. The van der Waals surface area contributed by atoms with Gasteiger partial charge in [-0.25, -0.2) is 14.2 Å². The molecule has 3 atom stereocenters. The van der Waals surface area contributed by atoms with E-state index < -0.39 is 17.8 Å². The van der Waals surface area contributed by atoms with Crippen molar-refractivity contribution in [3.05, 3.63) is 63.0 Å². The topological polar surface area (TPSA) is 107 Å². The molecule has 3 aliphatic rings. The summed E-state index contributed by atoms with van der Waals surface area (Å²) in [5.74, 6) is -1.09. The summed E-state index contributed by atoms with van der Waals surface area (Å²) in [5, 5.41) is 15.9. The standard InChI is InChI=1S/C24H26FN5O4S/c1-13-15(4-3-5-16(13)25)21-20(24(32)33)17(27-22(28-21)23-26-6-9-35-23)10-29-7-8-34-19-12-30(14(2)31)11-18(19)29/h3-6,9,18-19,21H,7-8,10-12H2,1-2H3,(H,27,28)(H,32,33). The number of hydrogen-bond donors (Lipinski definition) is 2. The predicted molar refractivity (Wildman–Crippen MR) is 128 cm³/mol. The molecule has 3 aliphatic heterocycles. The van der Waals surface area contributed by atoms with Crippen molar-refractivity contribution in [1.82, 2.24) is 20.1 Å². The molecule has 184 valence electrons. The number of amidine groups is 1. The van der Waals surface area contributed by atoms with E-state index in [4.69, 9.17) is 9.73 Å². The van der Waals surface area contributed by atoms with Crippen LogP contribution in [0.5, 0.6) is 0 Å². The lowest BCUT2D eigenvalue weighted by Gasteiger charge is -2.38. The van der Waals surface area contributed by atoms with Crippen LogP contribution in [0.2, 0.25) is 0 Å². The Kier molecular flexibility index (Phi) is 6.39. The third-order valence-electron chi connectivity index (χ3n) is 6.82. The Hall–Kier alpha value is -3.15. The highest BCUT2D eigenvalue weighted by atomic mass is 32.1. The van der Waals surface area contributed by atoms with E-state index in [1.54, 1.807) is 30.2 Å². The van der Waals surface area contributed by atoms with Crippen LogP contribution in [0.1, 0.15) is 29.1 Å². The molecule has 2 saturated heterocycles. The number of morpholine rings is 1. The number of ether oxygens (including phenoxy) is 1. The Morgan fingerprint density at radius 1 is 1.34 bits per heavy atom. The van der Waals surface area contributed by atoms with Crippen LogP contribution in [0, 0.1) is 12.7 Å². The average Bonchev–Trinajstić information content (AvgIpc) is 3.51. The fraction of sp³-hybridized carbons (Fsp3) is 0.417. The number of rotatable bonds is 5. The van der Waals surface area contributed by atoms with E-state index in [2.05, 4.69) is 15.2 Å². The summed E-state index contributed by atoms with van der Waals surface area (Å²) >= 11 is 1.38. The lowest BCUT2D eigenvalue weighted by Crippen LogP contribution is -2.53. The zero-order valence-corrected chi connectivity index (χ0v) is 20.2. The zero-order valence-electron chi connectivity index (χ0n) is 19.4. The fourth-order valence-corrected chi connectivity index (χ4v) is 5.57. The minimum Gasteiger partial charge on any atom is -0.478 e. The fourth-order valence-electron chi connectivity index (χ4n) is 4.98. The van der Waals surface area contributed by atoms with Crippen molar-refractivity contribution in [2.24, 2.45) is 4.99 Å². The molecule has 0 radical (unpaired) electrons. The normalized spacial score (nSPS) is 24.7. The third kappa shape index (κ3) is 4.46. The van der Waals surface area contributed by atoms with Gasteiger partial charge in [0.15, 0.2) is 10.8 Å². The van der Waals surface area contributed by atoms with E-state index in [0.717, 1.165) is 0 Å². The number of amides is 1. The van der Waals surface area contributed by atoms with Crippen LogP contribution in [0.3, 0.4) is 0 Å². The molecular weight excluding hydrogens is 473 g/mol. The minimum absolute atomic E-state index is 0.0102. The van der Waals surface area contributed by atoms with Crippen LogP contribution in [0.15, 0.2) is 46.0 Å². The van der Waals surface area contributed by atoms with E-state index in [-0.39, 0.29) is 23.6 Å². The van der Waals surface area contributed by atoms with Gasteiger partial charge >= 0.3 is 5.97 Å². The second kappa shape index (κ2) is 9.48. The summed E-state index contributed by atoms with van der Waals surface area (Å²) in [6, 6.07) is 3.69. The molecule has 3 unspecified atom stereocenters. The molecular formula is C24H26FN5O4S. The smallest absolute Gasteiger partial charge is 0.335 e. The largest absolute Gasteiger partial charge is 0.478 e. The maximum Gasteiger partial charge on any atom is 0.335 e. The molecule has 2 fully saturated rings. The van der Waals surface area contributed by atoms with Gasteiger partial charge in [0.2, 0.25) is 5.91 Å². The van der Waals surface area contributed by atoms with Gasteiger partial charge < -0.3 is 20.1 Å². The number of carboxylic acid groups (broad SMARTS) is 1. The van der Waals surface area contributed by atoms with Crippen molar-refractivity contribution in [2.75, 3.05) is 32.8 Å². The van der Waals surface area contributed by atoms with Crippen LogP contribution in [0.4, 0.5) is 4.39 Å². The number of nitrogens with zero attached hydrogens (tertiary/aromatic N) is 4. The predicted octanol–water partition coefficient (Wildman–Crippen LogP) is 1.95. The first-order valence-electron chi connectivity index (χ1n) is 11.4. The van der Waals surface area contributed by atoms with E-state index >= 15 is 0 Å². The molecule has 11 heteroatoms. The van der Waals surface area contributed by atoms with Gasteiger partial charge in [0.25, 0.3) is 0 Å². The first-order valence-corrected chi connectivity index (χ1v) is 12.3. The maximum atomic E-state index is 14.5. The van der Waals surface area contributed by atoms with Crippen LogP contribution < -0.4 is 5.32 Å². The molecule has 0 aliphatic carbocycles. The molecule has 4 heterocycles. The monoisotopic (exact) mass is 499 g/mol. The van der Waals surface area contributed by atoms with Crippen LogP contribution in [-0.2, 0) is 14.3 Å². The molecule has 2 N–H and O–H groups in total. The molecule has 1 aromatic carbocycles. The van der Waals surface area contributed by atoms with E-state index in [9.17, 15) is 19.1 Å². The van der Waals surface area contributed by atoms with Gasteiger partial charge in [-0.15, -0.1) is 11.3 Å². The Morgan fingerprint density at radius 3 is 2.89 bits per heavy atom. The first-order chi connectivity index (χ1) is 16.8. The molecule has 5 rings (SSSR count). The Morgan fingerprint density at radius 2 is 2.17 bits per heavy atom. The van der Waals surface area contributed by atoms with Crippen molar-refractivity contribution in [2.45, 2.75) is 32.0 Å². The molecule has 0 saturated carbocycles. The average molecular weight is 500 g/mol. The quantitative estimate of drug-likeness (QED) is 0.648. The molecule has 9 nitrogen and oxygen atoms in total.